The first-order valence-corrected chi connectivity index (χ1v) is 11.7. The second kappa shape index (κ2) is 8.83. The fraction of sp³-hybridized carbons (Fsp3) is 0.259. The van der Waals surface area contributed by atoms with E-state index in [-0.39, 0.29) is 11.1 Å². The highest BCUT2D eigenvalue weighted by atomic mass is 32.2. The number of para-hydroxylation sites is 1. The monoisotopic (exact) mass is 444 g/mol. The van der Waals surface area contributed by atoms with Crippen LogP contribution in [0.2, 0.25) is 0 Å². The first-order chi connectivity index (χ1) is 15.3. The molecular formula is C27H28N2O2S. The number of rotatable bonds is 5. The molecule has 0 N–H and O–H groups in total. The Morgan fingerprint density at radius 3 is 2.44 bits per heavy atom. The molecule has 1 fully saturated rings. The van der Waals surface area contributed by atoms with E-state index in [0.717, 1.165) is 46.3 Å². The van der Waals surface area contributed by atoms with Crippen molar-refractivity contribution in [3.05, 3.63) is 92.6 Å². The lowest BCUT2D eigenvalue weighted by Gasteiger charge is -2.17. The predicted octanol–water partition coefficient (Wildman–Crippen LogP) is 6.51. The van der Waals surface area contributed by atoms with Gasteiger partial charge in [-0.05, 0) is 80.3 Å². The summed E-state index contributed by atoms with van der Waals surface area (Å²) >= 11 is 1.02. The quantitative estimate of drug-likeness (QED) is 0.421. The van der Waals surface area contributed by atoms with Crippen molar-refractivity contribution >= 4 is 29.0 Å². The number of hydrogen-bond acceptors (Lipinski definition) is 3. The molecule has 32 heavy (non-hydrogen) atoms. The molecule has 0 atom stereocenters. The molecule has 0 spiro atoms. The van der Waals surface area contributed by atoms with Gasteiger partial charge in [0.25, 0.3) is 11.1 Å². The minimum Gasteiger partial charge on any atom is -0.317 e. The lowest BCUT2D eigenvalue weighted by atomic mass is 10.1. The molecule has 164 valence electrons. The van der Waals surface area contributed by atoms with Crippen LogP contribution in [0.4, 0.5) is 4.79 Å². The Balaban J connectivity index is 1.68. The zero-order valence-corrected chi connectivity index (χ0v) is 20.0. The minimum atomic E-state index is -0.226. The van der Waals surface area contributed by atoms with Crippen LogP contribution in [-0.2, 0) is 17.8 Å². The molecule has 1 aromatic heterocycles. The molecule has 4 rings (SSSR count). The van der Waals surface area contributed by atoms with Crippen LogP contribution in [0.15, 0.2) is 53.4 Å². The van der Waals surface area contributed by atoms with Crippen LogP contribution in [0.5, 0.6) is 0 Å². The van der Waals surface area contributed by atoms with Gasteiger partial charge in [0.2, 0.25) is 0 Å². The highest BCUT2D eigenvalue weighted by Crippen LogP contribution is 2.35. The Labute approximate surface area is 193 Å². The molecule has 1 aliphatic heterocycles. The first-order valence-electron chi connectivity index (χ1n) is 10.9. The van der Waals surface area contributed by atoms with Gasteiger partial charge in [0.05, 0.1) is 17.1 Å². The van der Waals surface area contributed by atoms with E-state index in [0.29, 0.717) is 11.4 Å². The van der Waals surface area contributed by atoms with Crippen LogP contribution in [0.1, 0.15) is 46.1 Å². The lowest BCUT2D eigenvalue weighted by Crippen LogP contribution is -2.27. The van der Waals surface area contributed by atoms with E-state index in [9.17, 15) is 9.59 Å². The molecule has 3 aromatic rings. The van der Waals surface area contributed by atoms with Crippen LogP contribution >= 0.6 is 11.8 Å². The van der Waals surface area contributed by atoms with Gasteiger partial charge in [0.15, 0.2) is 0 Å². The van der Waals surface area contributed by atoms with E-state index < -0.39 is 0 Å². The number of amides is 2. The highest BCUT2D eigenvalue weighted by molar-refractivity contribution is 8.18. The summed E-state index contributed by atoms with van der Waals surface area (Å²) < 4.78 is 2.26. The van der Waals surface area contributed by atoms with Crippen molar-refractivity contribution in [3.63, 3.8) is 0 Å². The average molecular weight is 445 g/mol. The third-order valence-corrected chi connectivity index (χ3v) is 6.89. The Hall–Kier alpha value is -3.05. The molecule has 5 heteroatoms. The Morgan fingerprint density at radius 2 is 1.72 bits per heavy atom. The minimum absolute atomic E-state index is 0.219. The Morgan fingerprint density at radius 1 is 0.969 bits per heavy atom. The molecule has 2 heterocycles. The van der Waals surface area contributed by atoms with Crippen molar-refractivity contribution < 1.29 is 9.59 Å². The molecule has 0 aliphatic carbocycles. The fourth-order valence-electron chi connectivity index (χ4n) is 4.37. The average Bonchev–Trinajstić information content (AvgIpc) is 3.17. The van der Waals surface area contributed by atoms with E-state index in [1.807, 2.05) is 37.3 Å². The maximum Gasteiger partial charge on any atom is 0.293 e. The summed E-state index contributed by atoms with van der Waals surface area (Å²) in [6.07, 6.45) is 2.81. The summed E-state index contributed by atoms with van der Waals surface area (Å²) in [5.41, 5.74) is 8.92. The van der Waals surface area contributed by atoms with E-state index in [4.69, 9.17) is 0 Å². The van der Waals surface area contributed by atoms with E-state index in [1.165, 1.54) is 21.7 Å². The number of benzene rings is 2. The number of thioether (sulfide) groups is 1. The smallest absolute Gasteiger partial charge is 0.293 e. The van der Waals surface area contributed by atoms with Crippen LogP contribution in [0, 0.1) is 27.7 Å². The zero-order valence-electron chi connectivity index (χ0n) is 19.2. The number of hydrogen-bond donors (Lipinski definition) is 0. The zero-order chi connectivity index (χ0) is 23.0. The second-order valence-corrected chi connectivity index (χ2v) is 9.35. The van der Waals surface area contributed by atoms with Gasteiger partial charge >= 0.3 is 0 Å². The van der Waals surface area contributed by atoms with Crippen molar-refractivity contribution in [2.45, 2.75) is 47.6 Å². The first kappa shape index (κ1) is 22.2. The number of carbonyl (C=O) groups excluding carboxylic acids is 2. The van der Waals surface area contributed by atoms with E-state index >= 15 is 0 Å². The molecule has 0 saturated carbocycles. The third kappa shape index (κ3) is 4.05. The van der Waals surface area contributed by atoms with Crippen LogP contribution in [0.3, 0.4) is 0 Å². The van der Waals surface area contributed by atoms with Gasteiger partial charge in [0.1, 0.15) is 0 Å². The number of carbonyl (C=O) groups is 2. The number of aromatic nitrogens is 1. The van der Waals surface area contributed by atoms with Crippen LogP contribution in [-0.4, -0.2) is 20.6 Å². The Bertz CT molecular complexity index is 1250. The third-order valence-electron chi connectivity index (χ3n) is 5.98. The normalized spacial score (nSPS) is 15.3. The van der Waals surface area contributed by atoms with Gasteiger partial charge in [-0.3, -0.25) is 14.5 Å². The Kier molecular flexibility index (Phi) is 6.11. The summed E-state index contributed by atoms with van der Waals surface area (Å²) in [4.78, 5) is 27.5. The van der Waals surface area contributed by atoms with Crippen molar-refractivity contribution in [3.8, 4) is 5.69 Å². The fourth-order valence-corrected chi connectivity index (χ4v) is 5.20. The van der Waals surface area contributed by atoms with Gasteiger partial charge < -0.3 is 4.57 Å². The van der Waals surface area contributed by atoms with Crippen molar-refractivity contribution in [2.24, 2.45) is 0 Å². The predicted molar refractivity (Wildman–Crippen MR) is 132 cm³/mol. The van der Waals surface area contributed by atoms with Crippen molar-refractivity contribution in [1.82, 2.24) is 9.47 Å². The van der Waals surface area contributed by atoms with E-state index in [1.54, 1.807) is 0 Å². The number of aryl methyl sites for hydroxylation is 4. The molecule has 0 radical (unpaired) electrons. The second-order valence-electron chi connectivity index (χ2n) is 8.35. The van der Waals surface area contributed by atoms with Gasteiger partial charge in [0, 0.05) is 11.4 Å². The van der Waals surface area contributed by atoms with Gasteiger partial charge in [-0.15, -0.1) is 0 Å². The maximum absolute atomic E-state index is 13.0. The maximum atomic E-state index is 13.0. The van der Waals surface area contributed by atoms with Crippen molar-refractivity contribution in [2.75, 3.05) is 0 Å². The van der Waals surface area contributed by atoms with Crippen molar-refractivity contribution in [1.29, 1.82) is 0 Å². The largest absolute Gasteiger partial charge is 0.317 e. The summed E-state index contributed by atoms with van der Waals surface area (Å²) in [7, 11) is 0. The molecular weight excluding hydrogens is 416 g/mol. The lowest BCUT2D eigenvalue weighted by molar-refractivity contribution is -0.123. The SMILES string of the molecule is CCc1cccc(C)c1-n1c(C)cc(/C=C2\SC(=O)N(Cc3cccc(C)c3)C2=O)c1C. The molecule has 1 aliphatic rings. The van der Waals surface area contributed by atoms with Gasteiger partial charge in [-0.2, -0.15) is 0 Å². The molecule has 1 saturated heterocycles. The topological polar surface area (TPSA) is 42.3 Å². The summed E-state index contributed by atoms with van der Waals surface area (Å²) in [5, 5.41) is -0.219. The summed E-state index contributed by atoms with van der Waals surface area (Å²) in [5.74, 6) is -0.226. The van der Waals surface area contributed by atoms with Crippen LogP contribution in [0.25, 0.3) is 11.8 Å². The molecule has 0 unspecified atom stereocenters. The van der Waals surface area contributed by atoms with E-state index in [2.05, 4.69) is 56.5 Å². The number of imide groups is 1. The van der Waals surface area contributed by atoms with Crippen LogP contribution < -0.4 is 0 Å². The van der Waals surface area contributed by atoms with Gasteiger partial charge in [-0.1, -0.05) is 55.0 Å². The molecule has 4 nitrogen and oxygen atoms in total. The molecule has 0 bridgehead atoms. The summed E-state index contributed by atoms with van der Waals surface area (Å²) in [6, 6.07) is 16.4. The molecule has 2 amide bonds. The molecule has 2 aromatic carbocycles. The number of nitrogens with zero attached hydrogens (tertiary/aromatic N) is 2. The summed E-state index contributed by atoms with van der Waals surface area (Å²) in [6.45, 7) is 10.7. The standard InChI is InChI=1S/C27H28N2O2S/c1-6-22-12-8-10-18(3)25(22)29-19(4)14-23(20(29)5)15-24-26(30)28(27(31)32-24)16-21-11-7-9-17(2)13-21/h7-15H,6,16H2,1-5H3/b24-15-. The highest BCUT2D eigenvalue weighted by Gasteiger charge is 2.35. The van der Waals surface area contributed by atoms with Gasteiger partial charge in [-0.25, -0.2) is 0 Å².